The van der Waals surface area contributed by atoms with E-state index in [9.17, 15) is 24.0 Å². The Morgan fingerprint density at radius 2 is 1.56 bits per heavy atom. The highest BCUT2D eigenvalue weighted by Crippen LogP contribution is 2.46. The van der Waals surface area contributed by atoms with Crippen LogP contribution in [-0.4, -0.2) is 47.3 Å². The lowest BCUT2D eigenvalue weighted by Crippen LogP contribution is -2.51. The average molecular weight is 437 g/mol. The number of Topliss-reactive ketones (excluding diaryl/α,β-unsaturated/α-hetero) is 2. The van der Waals surface area contributed by atoms with Crippen LogP contribution in [0.15, 0.2) is 12.1 Å². The second-order valence-electron chi connectivity index (χ2n) is 8.92. The molecule has 0 radical (unpaired) electrons. The minimum atomic E-state index is -0.952. The largest absolute Gasteiger partial charge is 0.334 e. The zero-order valence-corrected chi connectivity index (χ0v) is 19.0. The molecule has 1 aromatic rings. The molecule has 0 bridgehead atoms. The van der Waals surface area contributed by atoms with E-state index >= 15 is 0 Å². The molecule has 1 spiro atoms. The van der Waals surface area contributed by atoms with E-state index in [0.29, 0.717) is 12.8 Å². The number of benzene rings is 1. The molecule has 1 saturated carbocycles. The molecule has 7 heteroatoms. The lowest BCUT2D eigenvalue weighted by molar-refractivity contribution is -0.150. The first-order valence-electron chi connectivity index (χ1n) is 10.8. The number of carbonyl (C=O) groups excluding carboxylic acids is 5. The third-order valence-electron chi connectivity index (χ3n) is 6.49. The van der Waals surface area contributed by atoms with Gasteiger partial charge < -0.3 is 4.90 Å². The predicted molar refractivity (Wildman–Crippen MR) is 118 cm³/mol. The van der Waals surface area contributed by atoms with Gasteiger partial charge in [-0.05, 0) is 67.9 Å². The van der Waals surface area contributed by atoms with E-state index in [1.54, 1.807) is 6.92 Å². The Balaban J connectivity index is 1.74. The van der Waals surface area contributed by atoms with Crippen molar-refractivity contribution in [1.82, 2.24) is 10.2 Å². The number of ketones is 2. The lowest BCUT2D eigenvalue weighted by atomic mass is 9.62. The zero-order chi connectivity index (χ0) is 23.6. The van der Waals surface area contributed by atoms with Gasteiger partial charge in [-0.2, -0.15) is 0 Å². The molecule has 32 heavy (non-hydrogen) atoms. The summed E-state index contributed by atoms with van der Waals surface area (Å²) in [6, 6.07) is 3.83. The third kappa shape index (κ3) is 4.64. The Labute approximate surface area is 187 Å². The first kappa shape index (κ1) is 23.4. The van der Waals surface area contributed by atoms with Crippen LogP contribution >= 0.6 is 0 Å². The average Bonchev–Trinajstić information content (AvgIpc) is 2.69. The SMILES string of the molecule is CC#Cc1cc(C)c(C2C(=O)CC3(CCN(C(=O)C(=O)NC(C)=O)CC3)CC2=O)c(C)c1. The predicted octanol–water partition coefficient (Wildman–Crippen LogP) is 1.96. The second-order valence-corrected chi connectivity index (χ2v) is 8.92. The van der Waals surface area contributed by atoms with E-state index in [0.717, 1.165) is 22.3 Å². The van der Waals surface area contributed by atoms with Gasteiger partial charge in [0.25, 0.3) is 0 Å². The molecular formula is C25H28N2O5. The van der Waals surface area contributed by atoms with Crippen LogP contribution < -0.4 is 5.32 Å². The van der Waals surface area contributed by atoms with Crippen molar-refractivity contribution >= 4 is 29.3 Å². The Morgan fingerprint density at radius 1 is 1.03 bits per heavy atom. The Bertz CT molecular complexity index is 1020. The molecule has 1 aliphatic heterocycles. The van der Waals surface area contributed by atoms with Crippen LogP contribution in [0.25, 0.3) is 0 Å². The summed E-state index contributed by atoms with van der Waals surface area (Å²) in [5.41, 5.74) is 2.95. The Morgan fingerprint density at radius 3 is 2.03 bits per heavy atom. The fourth-order valence-electron chi connectivity index (χ4n) is 5.05. The summed E-state index contributed by atoms with van der Waals surface area (Å²) in [5, 5.41) is 1.99. The van der Waals surface area contributed by atoms with Crippen molar-refractivity contribution in [2.75, 3.05) is 13.1 Å². The van der Waals surface area contributed by atoms with Crippen LogP contribution in [0.5, 0.6) is 0 Å². The molecule has 1 aliphatic carbocycles. The van der Waals surface area contributed by atoms with Crippen LogP contribution in [0, 0.1) is 31.1 Å². The van der Waals surface area contributed by atoms with E-state index in [1.807, 2.05) is 31.3 Å². The molecule has 3 amide bonds. The van der Waals surface area contributed by atoms with E-state index < -0.39 is 29.1 Å². The summed E-state index contributed by atoms with van der Waals surface area (Å²) in [7, 11) is 0. The molecule has 1 N–H and O–H groups in total. The van der Waals surface area contributed by atoms with Gasteiger partial charge in [-0.15, -0.1) is 5.92 Å². The maximum absolute atomic E-state index is 13.2. The first-order valence-corrected chi connectivity index (χ1v) is 10.8. The number of amides is 3. The highest BCUT2D eigenvalue weighted by molar-refractivity contribution is 6.37. The standard InChI is InChI=1S/C25H28N2O5/c1-5-6-18-11-15(2)21(16(3)12-18)22-19(29)13-25(14-20(22)30)7-9-27(10-8-25)24(32)23(31)26-17(4)28/h11-12,22H,7-10,13-14H2,1-4H3,(H,26,28,31). The van der Waals surface area contributed by atoms with E-state index in [-0.39, 0.29) is 37.5 Å². The number of hydrogen-bond acceptors (Lipinski definition) is 5. The smallest absolute Gasteiger partial charge is 0.316 e. The summed E-state index contributed by atoms with van der Waals surface area (Å²) >= 11 is 0. The molecule has 168 valence electrons. The molecule has 2 aliphatic rings. The molecule has 0 unspecified atom stereocenters. The van der Waals surface area contributed by atoms with Crippen molar-refractivity contribution in [2.45, 2.75) is 59.3 Å². The van der Waals surface area contributed by atoms with Gasteiger partial charge in [0.1, 0.15) is 17.5 Å². The van der Waals surface area contributed by atoms with Crippen LogP contribution in [0.4, 0.5) is 0 Å². The normalized spacial score (nSPS) is 18.2. The van der Waals surface area contributed by atoms with Crippen molar-refractivity contribution in [2.24, 2.45) is 5.41 Å². The number of nitrogens with one attached hydrogen (secondary N) is 1. The number of imide groups is 1. The van der Waals surface area contributed by atoms with E-state index in [1.165, 1.54) is 11.8 Å². The summed E-state index contributed by atoms with van der Waals surface area (Å²) < 4.78 is 0. The van der Waals surface area contributed by atoms with Gasteiger partial charge >= 0.3 is 11.8 Å². The minimum absolute atomic E-state index is 0.0872. The number of piperidine rings is 1. The number of aryl methyl sites for hydroxylation is 2. The highest BCUT2D eigenvalue weighted by atomic mass is 16.2. The number of nitrogens with zero attached hydrogens (tertiary/aromatic N) is 1. The van der Waals surface area contributed by atoms with Crippen molar-refractivity contribution in [3.8, 4) is 11.8 Å². The fourth-order valence-corrected chi connectivity index (χ4v) is 5.05. The van der Waals surface area contributed by atoms with Gasteiger partial charge in [0.2, 0.25) is 5.91 Å². The summed E-state index contributed by atoms with van der Waals surface area (Å²) in [6.07, 6.45) is 1.50. The Kier molecular flexibility index (Phi) is 6.63. The van der Waals surface area contributed by atoms with Gasteiger partial charge in [0.05, 0.1) is 0 Å². The van der Waals surface area contributed by atoms with Crippen molar-refractivity contribution in [3.05, 3.63) is 34.4 Å². The minimum Gasteiger partial charge on any atom is -0.334 e. The van der Waals surface area contributed by atoms with Crippen molar-refractivity contribution in [3.63, 3.8) is 0 Å². The first-order chi connectivity index (χ1) is 15.1. The summed E-state index contributed by atoms with van der Waals surface area (Å²) in [5.74, 6) is 2.65. The molecule has 1 aromatic carbocycles. The third-order valence-corrected chi connectivity index (χ3v) is 6.49. The molecule has 1 heterocycles. The van der Waals surface area contributed by atoms with Crippen LogP contribution in [0.1, 0.15) is 67.7 Å². The van der Waals surface area contributed by atoms with Crippen LogP contribution in [0.2, 0.25) is 0 Å². The molecular weight excluding hydrogens is 408 g/mol. The molecule has 2 fully saturated rings. The second kappa shape index (κ2) is 9.07. The summed E-state index contributed by atoms with van der Waals surface area (Å²) in [6.45, 7) is 7.30. The summed E-state index contributed by atoms with van der Waals surface area (Å²) in [4.78, 5) is 62.9. The maximum atomic E-state index is 13.2. The number of hydrogen-bond donors (Lipinski definition) is 1. The van der Waals surface area contributed by atoms with Crippen molar-refractivity contribution in [1.29, 1.82) is 0 Å². The molecule has 7 nitrogen and oxygen atoms in total. The number of likely N-dealkylation sites (tertiary alicyclic amines) is 1. The highest BCUT2D eigenvalue weighted by Gasteiger charge is 2.48. The van der Waals surface area contributed by atoms with Crippen LogP contribution in [-0.2, 0) is 24.0 Å². The van der Waals surface area contributed by atoms with Gasteiger partial charge in [-0.3, -0.25) is 29.3 Å². The fraction of sp³-hybridized carbons (Fsp3) is 0.480. The van der Waals surface area contributed by atoms with Gasteiger partial charge in [0, 0.05) is 38.4 Å². The van der Waals surface area contributed by atoms with E-state index in [2.05, 4.69) is 11.8 Å². The monoisotopic (exact) mass is 436 g/mol. The van der Waals surface area contributed by atoms with Gasteiger partial charge in [-0.1, -0.05) is 5.92 Å². The van der Waals surface area contributed by atoms with Crippen LogP contribution in [0.3, 0.4) is 0 Å². The van der Waals surface area contributed by atoms with E-state index in [4.69, 9.17) is 0 Å². The molecule has 3 rings (SSSR count). The topological polar surface area (TPSA) is 101 Å². The van der Waals surface area contributed by atoms with Gasteiger partial charge in [0.15, 0.2) is 0 Å². The van der Waals surface area contributed by atoms with Crippen molar-refractivity contribution < 1.29 is 24.0 Å². The lowest BCUT2D eigenvalue weighted by Gasteiger charge is -2.44. The maximum Gasteiger partial charge on any atom is 0.316 e. The Hall–Kier alpha value is -3.27. The molecule has 0 atom stereocenters. The zero-order valence-electron chi connectivity index (χ0n) is 19.0. The quantitative estimate of drug-likeness (QED) is 0.412. The molecule has 1 saturated heterocycles. The number of rotatable bonds is 1. The number of carbonyl (C=O) groups is 5. The molecule has 0 aromatic heterocycles. The van der Waals surface area contributed by atoms with Gasteiger partial charge in [-0.25, -0.2) is 0 Å².